The maximum atomic E-state index is 11.8. The summed E-state index contributed by atoms with van der Waals surface area (Å²) in [4.78, 5) is 22.9. The van der Waals surface area contributed by atoms with Crippen LogP contribution < -0.4 is 11.1 Å². The average Bonchev–Trinajstić information content (AvgIpc) is 2.61. The number of carbonyl (C=O) groups excluding carboxylic acids is 1. The summed E-state index contributed by atoms with van der Waals surface area (Å²) in [5, 5.41) is 11.9. The Balaban J connectivity index is 2.51. The van der Waals surface area contributed by atoms with Gasteiger partial charge in [-0.25, -0.2) is 0 Å². The number of carbonyl (C=O) groups is 2. The number of hydrogen-bond acceptors (Lipinski definition) is 4. The van der Waals surface area contributed by atoms with Gasteiger partial charge in [0.15, 0.2) is 0 Å². The maximum Gasteiger partial charge on any atom is 0.313 e. The van der Waals surface area contributed by atoms with Crippen molar-refractivity contribution in [3.8, 4) is 0 Å². The van der Waals surface area contributed by atoms with Crippen LogP contribution in [-0.2, 0) is 14.3 Å². The smallest absolute Gasteiger partial charge is 0.313 e. The van der Waals surface area contributed by atoms with Gasteiger partial charge in [0.1, 0.15) is 5.41 Å². The third kappa shape index (κ3) is 3.43. The zero-order valence-electron chi connectivity index (χ0n) is 10.9. The van der Waals surface area contributed by atoms with Gasteiger partial charge in [0.05, 0.1) is 19.3 Å². The summed E-state index contributed by atoms with van der Waals surface area (Å²) in [5.41, 5.74) is 4.73. The highest BCUT2D eigenvalue weighted by Gasteiger charge is 2.47. The van der Waals surface area contributed by atoms with E-state index in [9.17, 15) is 9.59 Å². The highest BCUT2D eigenvalue weighted by Crippen LogP contribution is 2.28. The first kappa shape index (κ1) is 14.9. The van der Waals surface area contributed by atoms with E-state index in [1.165, 1.54) is 0 Å². The predicted octanol–water partition coefficient (Wildman–Crippen LogP) is 0.110. The Bertz CT molecular complexity index is 321. The van der Waals surface area contributed by atoms with E-state index < -0.39 is 17.4 Å². The predicted molar refractivity (Wildman–Crippen MR) is 66.0 cm³/mol. The number of amides is 1. The lowest BCUT2D eigenvalue weighted by atomic mass is 9.85. The van der Waals surface area contributed by atoms with Crippen LogP contribution in [0.4, 0.5) is 0 Å². The fourth-order valence-electron chi connectivity index (χ4n) is 2.05. The summed E-state index contributed by atoms with van der Waals surface area (Å²) in [7, 11) is 0. The number of nitrogens with two attached hydrogens (primary N) is 1. The third-order valence-electron chi connectivity index (χ3n) is 3.39. The lowest BCUT2D eigenvalue weighted by Crippen LogP contribution is -2.50. The molecule has 1 rings (SSSR count). The van der Waals surface area contributed by atoms with Crippen LogP contribution >= 0.6 is 0 Å². The van der Waals surface area contributed by atoms with E-state index in [4.69, 9.17) is 15.6 Å². The van der Waals surface area contributed by atoms with Crippen molar-refractivity contribution in [2.75, 3.05) is 13.2 Å². The number of rotatable bonds is 6. The molecular formula is C12H22N2O4. The Morgan fingerprint density at radius 1 is 1.61 bits per heavy atom. The van der Waals surface area contributed by atoms with E-state index in [0.29, 0.717) is 0 Å². The van der Waals surface area contributed by atoms with E-state index in [0.717, 1.165) is 12.8 Å². The Morgan fingerprint density at radius 3 is 2.83 bits per heavy atom. The summed E-state index contributed by atoms with van der Waals surface area (Å²) in [6.07, 6.45) is 1.93. The lowest BCUT2D eigenvalue weighted by Gasteiger charge is -2.25. The van der Waals surface area contributed by atoms with E-state index >= 15 is 0 Å². The molecule has 1 aliphatic heterocycles. The van der Waals surface area contributed by atoms with Crippen LogP contribution in [0.15, 0.2) is 0 Å². The molecule has 0 radical (unpaired) electrons. The Hall–Kier alpha value is -1.14. The number of ether oxygens (including phenoxy) is 1. The van der Waals surface area contributed by atoms with E-state index in [-0.39, 0.29) is 31.6 Å². The molecule has 3 unspecified atom stereocenters. The number of carboxylic acids is 1. The number of nitrogens with one attached hydrogen (secondary N) is 1. The molecule has 0 aromatic carbocycles. The first-order valence-corrected chi connectivity index (χ1v) is 6.26. The normalized spacial score (nSPS) is 28.9. The number of carboxylic acid groups (broad SMARTS) is 1. The summed E-state index contributed by atoms with van der Waals surface area (Å²) in [5.74, 6) is -1.16. The SMILES string of the molecule is CCCC(N)CC(=O)NC1COCC1(C)C(=O)O. The topological polar surface area (TPSA) is 102 Å². The van der Waals surface area contributed by atoms with Gasteiger partial charge in [-0.1, -0.05) is 13.3 Å². The molecule has 1 heterocycles. The summed E-state index contributed by atoms with van der Waals surface area (Å²) >= 11 is 0. The van der Waals surface area contributed by atoms with Crippen LogP contribution in [0.1, 0.15) is 33.1 Å². The molecule has 6 nitrogen and oxygen atoms in total. The quantitative estimate of drug-likeness (QED) is 0.627. The van der Waals surface area contributed by atoms with Crippen LogP contribution in [-0.4, -0.2) is 42.3 Å². The molecule has 6 heteroatoms. The third-order valence-corrected chi connectivity index (χ3v) is 3.39. The van der Waals surface area contributed by atoms with Crippen molar-refractivity contribution in [3.05, 3.63) is 0 Å². The minimum atomic E-state index is -1.05. The van der Waals surface area contributed by atoms with E-state index in [2.05, 4.69) is 5.32 Å². The molecule has 0 aromatic heterocycles. The van der Waals surface area contributed by atoms with Crippen molar-refractivity contribution < 1.29 is 19.4 Å². The van der Waals surface area contributed by atoms with Crippen LogP contribution in [0.2, 0.25) is 0 Å². The molecule has 18 heavy (non-hydrogen) atoms. The zero-order chi connectivity index (χ0) is 13.8. The summed E-state index contributed by atoms with van der Waals surface area (Å²) < 4.78 is 5.16. The molecule has 0 bridgehead atoms. The van der Waals surface area contributed by atoms with Crippen LogP contribution in [0.3, 0.4) is 0 Å². The van der Waals surface area contributed by atoms with Crippen LogP contribution in [0, 0.1) is 5.41 Å². The van der Waals surface area contributed by atoms with Crippen molar-refractivity contribution in [1.82, 2.24) is 5.32 Å². The fraction of sp³-hybridized carbons (Fsp3) is 0.833. The van der Waals surface area contributed by atoms with E-state index in [1.54, 1.807) is 6.92 Å². The van der Waals surface area contributed by atoms with Crippen molar-refractivity contribution in [2.24, 2.45) is 11.1 Å². The summed E-state index contributed by atoms with van der Waals surface area (Å²) in [6, 6.07) is -0.662. The second kappa shape index (κ2) is 6.15. The van der Waals surface area contributed by atoms with Gasteiger partial charge in [0.25, 0.3) is 0 Å². The van der Waals surface area contributed by atoms with Gasteiger partial charge in [0.2, 0.25) is 5.91 Å². The van der Waals surface area contributed by atoms with Gasteiger partial charge >= 0.3 is 5.97 Å². The van der Waals surface area contributed by atoms with E-state index in [1.807, 2.05) is 6.92 Å². The Kier molecular flexibility index (Phi) is 5.10. The number of hydrogen-bond donors (Lipinski definition) is 3. The van der Waals surface area contributed by atoms with Crippen molar-refractivity contribution in [2.45, 2.75) is 45.2 Å². The first-order chi connectivity index (χ1) is 8.40. The highest BCUT2D eigenvalue weighted by atomic mass is 16.5. The fourth-order valence-corrected chi connectivity index (χ4v) is 2.05. The molecule has 1 fully saturated rings. The second-order valence-corrected chi connectivity index (χ2v) is 5.11. The van der Waals surface area contributed by atoms with Gasteiger partial charge in [-0.3, -0.25) is 9.59 Å². The van der Waals surface area contributed by atoms with Crippen molar-refractivity contribution >= 4 is 11.9 Å². The van der Waals surface area contributed by atoms with Crippen molar-refractivity contribution in [3.63, 3.8) is 0 Å². The van der Waals surface area contributed by atoms with Crippen molar-refractivity contribution in [1.29, 1.82) is 0 Å². The Labute approximate surface area is 107 Å². The minimum Gasteiger partial charge on any atom is -0.481 e. The van der Waals surface area contributed by atoms with Gasteiger partial charge in [-0.05, 0) is 13.3 Å². The minimum absolute atomic E-state index is 0.119. The van der Waals surface area contributed by atoms with Crippen LogP contribution in [0.25, 0.3) is 0 Å². The molecule has 4 N–H and O–H groups in total. The summed E-state index contributed by atoms with van der Waals surface area (Å²) in [6.45, 7) is 3.94. The number of aliphatic carboxylic acids is 1. The zero-order valence-corrected chi connectivity index (χ0v) is 10.9. The molecule has 0 aliphatic carbocycles. The van der Waals surface area contributed by atoms with Gasteiger partial charge in [0, 0.05) is 12.5 Å². The van der Waals surface area contributed by atoms with Gasteiger partial charge < -0.3 is 20.9 Å². The standard InChI is InChI=1S/C12H22N2O4/c1-3-4-8(13)5-10(15)14-9-6-18-7-12(9,2)11(16)17/h8-9H,3-7,13H2,1-2H3,(H,14,15)(H,16,17). The molecule has 1 aliphatic rings. The molecule has 1 saturated heterocycles. The second-order valence-electron chi connectivity index (χ2n) is 5.11. The first-order valence-electron chi connectivity index (χ1n) is 6.26. The Morgan fingerprint density at radius 2 is 2.28 bits per heavy atom. The van der Waals surface area contributed by atoms with Gasteiger partial charge in [-0.15, -0.1) is 0 Å². The molecule has 0 spiro atoms. The van der Waals surface area contributed by atoms with Crippen LogP contribution in [0.5, 0.6) is 0 Å². The van der Waals surface area contributed by atoms with Gasteiger partial charge in [-0.2, -0.15) is 0 Å². The molecule has 3 atom stereocenters. The molecule has 0 saturated carbocycles. The highest BCUT2D eigenvalue weighted by molar-refractivity contribution is 5.80. The average molecular weight is 258 g/mol. The molecule has 104 valence electrons. The molecule has 0 aromatic rings. The monoisotopic (exact) mass is 258 g/mol. The molecular weight excluding hydrogens is 236 g/mol. The lowest BCUT2D eigenvalue weighted by molar-refractivity contribution is -0.149. The largest absolute Gasteiger partial charge is 0.481 e. The maximum absolute atomic E-state index is 11.8. The molecule has 1 amide bonds.